The lowest BCUT2D eigenvalue weighted by molar-refractivity contribution is -0.141. The van der Waals surface area contributed by atoms with Gasteiger partial charge in [-0.2, -0.15) is 12.6 Å². The fraction of sp³-hybridized carbons (Fsp3) is 0.667. The largest absolute Gasteiger partial charge is 0.480 e. The Balaban J connectivity index is 5.42. The van der Waals surface area contributed by atoms with Crippen molar-refractivity contribution in [1.29, 1.82) is 0 Å². The first kappa shape index (κ1) is 30.9. The van der Waals surface area contributed by atoms with Crippen LogP contribution in [0.15, 0.2) is 4.99 Å². The van der Waals surface area contributed by atoms with Crippen molar-refractivity contribution in [1.82, 2.24) is 16.0 Å². The highest BCUT2D eigenvalue weighted by Gasteiger charge is 2.32. The van der Waals surface area contributed by atoms with Crippen LogP contribution in [0.3, 0.4) is 0 Å². The van der Waals surface area contributed by atoms with E-state index < -0.39 is 59.9 Å². The van der Waals surface area contributed by atoms with Crippen LogP contribution >= 0.6 is 12.6 Å². The Kier molecular flexibility index (Phi) is 14.2. The van der Waals surface area contributed by atoms with Crippen molar-refractivity contribution < 1.29 is 34.2 Å². The summed E-state index contributed by atoms with van der Waals surface area (Å²) >= 11 is 3.87. The second-order valence-corrected chi connectivity index (χ2v) is 7.80. The smallest absolute Gasteiger partial charge is 0.327 e. The van der Waals surface area contributed by atoms with Gasteiger partial charge in [0.1, 0.15) is 18.1 Å². The van der Waals surface area contributed by atoms with Gasteiger partial charge >= 0.3 is 5.97 Å². The summed E-state index contributed by atoms with van der Waals surface area (Å²) in [4.78, 5) is 63.5. The number of aliphatic imine (C=N–C) groups is 1. The molecule has 0 radical (unpaired) electrons. The van der Waals surface area contributed by atoms with Gasteiger partial charge in [-0.1, -0.05) is 0 Å². The van der Waals surface area contributed by atoms with Crippen LogP contribution in [0.2, 0.25) is 0 Å². The van der Waals surface area contributed by atoms with Crippen molar-refractivity contribution in [3.8, 4) is 0 Å². The molecule has 4 amide bonds. The molecule has 0 aromatic carbocycles. The monoisotopic (exact) mass is 506 g/mol. The van der Waals surface area contributed by atoms with Crippen LogP contribution < -0.4 is 38.9 Å². The highest BCUT2D eigenvalue weighted by atomic mass is 32.1. The van der Waals surface area contributed by atoms with E-state index in [1.807, 2.05) is 0 Å². The second-order valence-electron chi connectivity index (χ2n) is 7.43. The molecule has 0 aromatic rings. The number of thiol groups is 1. The highest BCUT2D eigenvalue weighted by Crippen LogP contribution is 2.04. The molecule has 5 unspecified atom stereocenters. The highest BCUT2D eigenvalue weighted by molar-refractivity contribution is 7.80. The minimum absolute atomic E-state index is 0.00582. The number of carbonyl (C=O) groups is 5. The third-order valence-electron chi connectivity index (χ3n) is 4.48. The second kappa shape index (κ2) is 15.7. The van der Waals surface area contributed by atoms with Gasteiger partial charge in [0, 0.05) is 18.7 Å². The Morgan fingerprint density at radius 1 is 0.941 bits per heavy atom. The number of amides is 4. The summed E-state index contributed by atoms with van der Waals surface area (Å²) in [5.74, 6) is -4.94. The van der Waals surface area contributed by atoms with Crippen molar-refractivity contribution in [2.45, 2.75) is 62.9 Å². The minimum Gasteiger partial charge on any atom is -0.480 e. The lowest BCUT2D eigenvalue weighted by Crippen LogP contribution is -2.59. The van der Waals surface area contributed by atoms with Gasteiger partial charge in [-0.15, -0.1) is 0 Å². The molecular formula is C18H34N8O7S. The average molecular weight is 507 g/mol. The number of nitrogens with one attached hydrogen (secondary N) is 3. The predicted molar refractivity (Wildman–Crippen MR) is 125 cm³/mol. The summed E-state index contributed by atoms with van der Waals surface area (Å²) in [6.07, 6.45) is -1.38. The molecule has 0 aromatic heterocycles. The molecule has 0 heterocycles. The van der Waals surface area contributed by atoms with Crippen LogP contribution in [0, 0.1) is 0 Å². The zero-order valence-corrected chi connectivity index (χ0v) is 19.7. The predicted octanol–water partition coefficient (Wildman–Crippen LogP) is -4.52. The molecule has 0 aliphatic heterocycles. The molecule has 5 atom stereocenters. The van der Waals surface area contributed by atoms with Gasteiger partial charge in [0.2, 0.25) is 23.6 Å². The first-order chi connectivity index (χ1) is 15.8. The normalized spacial score (nSPS) is 15.1. The Morgan fingerprint density at radius 3 is 2.00 bits per heavy atom. The summed E-state index contributed by atoms with van der Waals surface area (Å²) in [7, 11) is 0. The van der Waals surface area contributed by atoms with E-state index in [0.29, 0.717) is 0 Å². The van der Waals surface area contributed by atoms with E-state index in [0.717, 1.165) is 0 Å². The maximum atomic E-state index is 12.8. The maximum absolute atomic E-state index is 12.8. The number of nitrogens with two attached hydrogens (primary N) is 4. The molecule has 0 rings (SSSR count). The average Bonchev–Trinajstić information content (AvgIpc) is 2.74. The molecule has 0 spiro atoms. The number of aliphatic hydroxyl groups is 1. The number of carboxylic acid groups (broad SMARTS) is 1. The van der Waals surface area contributed by atoms with Crippen LogP contribution in [-0.2, 0) is 24.0 Å². The van der Waals surface area contributed by atoms with Crippen molar-refractivity contribution in [2.75, 3.05) is 12.3 Å². The number of carbonyl (C=O) groups excluding carboxylic acids is 4. The van der Waals surface area contributed by atoms with Crippen LogP contribution in [-0.4, -0.2) is 88.3 Å². The molecule has 0 fully saturated rings. The van der Waals surface area contributed by atoms with Crippen LogP contribution in [0.25, 0.3) is 0 Å². The zero-order valence-electron chi connectivity index (χ0n) is 18.8. The van der Waals surface area contributed by atoms with E-state index in [4.69, 9.17) is 28.0 Å². The summed E-state index contributed by atoms with van der Waals surface area (Å²) in [5, 5.41) is 26.0. The molecule has 194 valence electrons. The van der Waals surface area contributed by atoms with E-state index >= 15 is 0 Å². The van der Waals surface area contributed by atoms with Gasteiger partial charge in [0.05, 0.1) is 12.1 Å². The van der Waals surface area contributed by atoms with Gasteiger partial charge in [-0.3, -0.25) is 24.2 Å². The molecule has 0 aliphatic carbocycles. The van der Waals surface area contributed by atoms with Crippen molar-refractivity contribution in [3.63, 3.8) is 0 Å². The molecular weight excluding hydrogens is 472 g/mol. The van der Waals surface area contributed by atoms with Crippen LogP contribution in [0.5, 0.6) is 0 Å². The number of aliphatic carboxylic acids is 1. The van der Waals surface area contributed by atoms with Gasteiger partial charge in [0.25, 0.3) is 0 Å². The van der Waals surface area contributed by atoms with E-state index in [1.54, 1.807) is 0 Å². The fourth-order valence-electron chi connectivity index (χ4n) is 2.59. The summed E-state index contributed by atoms with van der Waals surface area (Å²) < 4.78 is 0. The number of guanidine groups is 1. The minimum atomic E-state index is -1.50. The van der Waals surface area contributed by atoms with Crippen molar-refractivity contribution >= 4 is 48.2 Å². The summed E-state index contributed by atoms with van der Waals surface area (Å²) in [6, 6.07) is -5.24. The fourth-order valence-corrected chi connectivity index (χ4v) is 2.83. The van der Waals surface area contributed by atoms with Gasteiger partial charge in [-0.05, 0) is 26.2 Å². The Labute approximate surface area is 201 Å². The number of nitrogens with zero attached hydrogens (tertiary/aromatic N) is 1. The third kappa shape index (κ3) is 12.2. The standard InChI is InChI=1S/C18H34N8O7S/c1-8(27)13(26-14(29)9(19)4-5-12(20)28)16(31)24-10(3-2-6-23-18(21)22)15(30)25-11(7-34)17(32)33/h8-11,13,27,34H,2-7,19H2,1H3,(H2,20,28)(H,24,31)(H,25,30)(H,26,29)(H,32,33)(H4,21,22,23). The molecule has 15 nitrogen and oxygen atoms in total. The Hall–Kier alpha value is -3.11. The maximum Gasteiger partial charge on any atom is 0.327 e. The number of carboxylic acids is 1. The number of rotatable bonds is 16. The molecule has 13 N–H and O–H groups in total. The number of aliphatic hydroxyl groups excluding tert-OH is 1. The lowest BCUT2D eigenvalue weighted by atomic mass is 10.1. The number of hydrogen-bond donors (Lipinski definition) is 10. The van der Waals surface area contributed by atoms with Crippen LogP contribution in [0.1, 0.15) is 32.6 Å². The van der Waals surface area contributed by atoms with E-state index in [-0.39, 0.29) is 43.9 Å². The van der Waals surface area contributed by atoms with E-state index in [1.165, 1.54) is 6.92 Å². The molecule has 16 heteroatoms. The van der Waals surface area contributed by atoms with Gasteiger partial charge in [-0.25, -0.2) is 4.79 Å². The Bertz CT molecular complexity index is 761. The topological polar surface area (TPSA) is 278 Å². The molecule has 34 heavy (non-hydrogen) atoms. The molecule has 0 bridgehead atoms. The van der Waals surface area contributed by atoms with Crippen molar-refractivity contribution in [3.05, 3.63) is 0 Å². The third-order valence-corrected chi connectivity index (χ3v) is 4.84. The first-order valence-electron chi connectivity index (χ1n) is 10.3. The van der Waals surface area contributed by atoms with Gasteiger partial charge in [0.15, 0.2) is 5.96 Å². The lowest BCUT2D eigenvalue weighted by Gasteiger charge is -2.26. The summed E-state index contributed by atoms with van der Waals surface area (Å²) in [5.41, 5.74) is 21.2. The number of hydrogen-bond acceptors (Lipinski definition) is 9. The molecule has 0 saturated carbocycles. The van der Waals surface area contributed by atoms with E-state index in [2.05, 4.69) is 33.6 Å². The number of primary amides is 1. The van der Waals surface area contributed by atoms with Crippen molar-refractivity contribution in [2.24, 2.45) is 27.9 Å². The van der Waals surface area contributed by atoms with Crippen LogP contribution in [0.4, 0.5) is 0 Å². The van der Waals surface area contributed by atoms with E-state index in [9.17, 15) is 29.1 Å². The quantitative estimate of drug-likeness (QED) is 0.0414. The molecule has 0 saturated heterocycles. The first-order valence-corrected chi connectivity index (χ1v) is 11.0. The summed E-state index contributed by atoms with van der Waals surface area (Å²) in [6.45, 7) is 1.36. The molecule has 0 aliphatic rings. The Morgan fingerprint density at radius 2 is 1.53 bits per heavy atom. The van der Waals surface area contributed by atoms with Gasteiger partial charge < -0.3 is 49.1 Å². The zero-order chi connectivity index (χ0) is 26.4. The SMILES string of the molecule is CC(O)C(NC(=O)C(N)CCC(N)=O)C(=O)NC(CCCN=C(N)N)C(=O)NC(CS)C(=O)O.